The first kappa shape index (κ1) is 21.4. The van der Waals surface area contributed by atoms with E-state index < -0.39 is 0 Å². The van der Waals surface area contributed by atoms with Gasteiger partial charge in [0.1, 0.15) is 0 Å². The van der Waals surface area contributed by atoms with E-state index in [1.54, 1.807) is 0 Å². The highest BCUT2D eigenvalue weighted by molar-refractivity contribution is 7.99. The van der Waals surface area contributed by atoms with Crippen LogP contribution >= 0.6 is 11.8 Å². The molecule has 6 aromatic carbocycles. The number of nitrogens with zero attached hydrogens (tertiary/aromatic N) is 1. The fourth-order valence-electron chi connectivity index (χ4n) is 7.27. The third kappa shape index (κ3) is 2.62. The highest BCUT2D eigenvalue weighted by atomic mass is 32.2. The fraction of sp³-hybridized carbons (Fsp3) is 0.0270. The van der Waals surface area contributed by atoms with E-state index in [1.165, 1.54) is 71.4 Å². The number of anilines is 3. The van der Waals surface area contributed by atoms with Gasteiger partial charge in [-0.1, -0.05) is 121 Å². The topological polar surface area (TPSA) is 3.24 Å². The molecule has 0 fully saturated rings. The van der Waals surface area contributed by atoms with Crippen LogP contribution in [0.3, 0.4) is 0 Å². The van der Waals surface area contributed by atoms with Crippen molar-refractivity contribution < 1.29 is 0 Å². The Morgan fingerprint density at radius 3 is 1.44 bits per heavy atom. The van der Waals surface area contributed by atoms with Crippen LogP contribution in [0.1, 0.15) is 22.3 Å². The minimum atomic E-state index is -0.335. The summed E-state index contributed by atoms with van der Waals surface area (Å²) in [6.07, 6.45) is 0. The van der Waals surface area contributed by atoms with E-state index >= 15 is 0 Å². The molecule has 0 unspecified atom stereocenters. The monoisotopic (exact) mass is 513 g/mol. The largest absolute Gasteiger partial charge is 0.308 e. The molecule has 0 bridgehead atoms. The smallest absolute Gasteiger partial charge is 0.0726 e. The molecule has 182 valence electrons. The Bertz CT molecular complexity index is 1880. The minimum Gasteiger partial charge on any atom is -0.308 e. The van der Waals surface area contributed by atoms with Gasteiger partial charge in [0, 0.05) is 15.4 Å². The molecule has 0 N–H and O–H groups in total. The van der Waals surface area contributed by atoms with E-state index in [0.717, 1.165) is 0 Å². The summed E-state index contributed by atoms with van der Waals surface area (Å²) < 4.78 is 0. The van der Waals surface area contributed by atoms with Crippen LogP contribution in [0, 0.1) is 0 Å². The van der Waals surface area contributed by atoms with Crippen molar-refractivity contribution in [2.24, 2.45) is 0 Å². The molecule has 0 aromatic heterocycles. The van der Waals surface area contributed by atoms with Crippen molar-refractivity contribution in [3.05, 3.63) is 162 Å². The molecule has 0 radical (unpaired) electrons. The summed E-state index contributed by atoms with van der Waals surface area (Å²) in [6, 6.07) is 51.6. The van der Waals surface area contributed by atoms with Crippen LogP contribution in [0.4, 0.5) is 17.1 Å². The average molecular weight is 514 g/mol. The molecule has 1 nitrogen and oxygen atoms in total. The van der Waals surface area contributed by atoms with Gasteiger partial charge in [0.25, 0.3) is 0 Å². The summed E-state index contributed by atoms with van der Waals surface area (Å²) in [5, 5.41) is 0. The molecular formula is C37H23NS. The van der Waals surface area contributed by atoms with Gasteiger partial charge in [0.2, 0.25) is 0 Å². The summed E-state index contributed by atoms with van der Waals surface area (Å²) in [7, 11) is 0. The van der Waals surface area contributed by atoms with E-state index in [0.29, 0.717) is 0 Å². The maximum absolute atomic E-state index is 2.49. The number of fused-ring (bicyclic) bond motifs is 12. The minimum absolute atomic E-state index is 0.335. The lowest BCUT2D eigenvalue weighted by atomic mass is 9.70. The predicted octanol–water partition coefficient (Wildman–Crippen LogP) is 9.96. The van der Waals surface area contributed by atoms with Crippen molar-refractivity contribution in [2.45, 2.75) is 15.2 Å². The quantitative estimate of drug-likeness (QED) is 0.215. The molecule has 9 rings (SSSR count). The second kappa shape index (κ2) is 7.75. The highest BCUT2D eigenvalue weighted by Gasteiger charge is 2.52. The highest BCUT2D eigenvalue weighted by Crippen LogP contribution is 2.65. The Balaban J connectivity index is 1.42. The fourth-order valence-corrected chi connectivity index (χ4v) is 8.33. The van der Waals surface area contributed by atoms with Crippen LogP contribution in [-0.2, 0) is 5.41 Å². The third-order valence-electron chi connectivity index (χ3n) is 8.67. The van der Waals surface area contributed by atoms with Gasteiger partial charge in [-0.05, 0) is 69.3 Å². The molecule has 1 aliphatic heterocycles. The van der Waals surface area contributed by atoms with Crippen LogP contribution in [-0.4, -0.2) is 0 Å². The molecule has 39 heavy (non-hydrogen) atoms. The van der Waals surface area contributed by atoms with Crippen molar-refractivity contribution in [2.75, 3.05) is 4.90 Å². The summed E-state index contributed by atoms with van der Waals surface area (Å²) in [5.41, 5.74) is 14.2. The molecule has 1 spiro atoms. The Hall–Kier alpha value is -4.53. The van der Waals surface area contributed by atoms with Crippen molar-refractivity contribution >= 4 is 28.8 Å². The first-order valence-electron chi connectivity index (χ1n) is 13.5. The van der Waals surface area contributed by atoms with Crippen LogP contribution < -0.4 is 4.90 Å². The third-order valence-corrected chi connectivity index (χ3v) is 9.80. The lowest BCUT2D eigenvalue weighted by molar-refractivity contribution is 0.793. The Morgan fingerprint density at radius 2 is 0.821 bits per heavy atom. The summed E-state index contributed by atoms with van der Waals surface area (Å²) in [6.45, 7) is 0. The van der Waals surface area contributed by atoms with E-state index in [2.05, 4.69) is 144 Å². The predicted molar refractivity (Wildman–Crippen MR) is 162 cm³/mol. The standard InChI is InChI=1S/C37H23NS/c1-4-15-27-24(12-1)25-13-2-5-16-28(25)37(27)29-17-6-3-14-26(29)36-30(37)18-11-21-33(36)38-31-19-7-9-22-34(31)39-35-23-10-8-20-32(35)38/h1-23H. The molecule has 0 atom stereocenters. The van der Waals surface area contributed by atoms with Gasteiger partial charge >= 0.3 is 0 Å². The number of para-hydroxylation sites is 2. The lowest BCUT2D eigenvalue weighted by Crippen LogP contribution is -2.26. The van der Waals surface area contributed by atoms with Crippen molar-refractivity contribution in [3.8, 4) is 22.3 Å². The van der Waals surface area contributed by atoms with Gasteiger partial charge in [-0.3, -0.25) is 0 Å². The van der Waals surface area contributed by atoms with E-state index in [1.807, 2.05) is 11.8 Å². The van der Waals surface area contributed by atoms with Gasteiger partial charge in [-0.25, -0.2) is 0 Å². The zero-order valence-electron chi connectivity index (χ0n) is 21.1. The van der Waals surface area contributed by atoms with Crippen molar-refractivity contribution in [1.82, 2.24) is 0 Å². The Labute approximate surface area is 232 Å². The van der Waals surface area contributed by atoms with E-state index in [-0.39, 0.29) is 5.41 Å². The van der Waals surface area contributed by atoms with Gasteiger partial charge in [0.05, 0.1) is 22.5 Å². The van der Waals surface area contributed by atoms with Gasteiger partial charge < -0.3 is 4.90 Å². The van der Waals surface area contributed by atoms with E-state index in [4.69, 9.17) is 0 Å². The SMILES string of the molecule is c1ccc2c(c1)Sc1ccccc1N2c1cccc2c1-c1ccccc1C21c2ccccc2-c2ccccc21. The molecule has 2 aliphatic carbocycles. The number of rotatable bonds is 1. The van der Waals surface area contributed by atoms with Gasteiger partial charge in [0.15, 0.2) is 0 Å². The maximum atomic E-state index is 2.49. The summed E-state index contributed by atoms with van der Waals surface area (Å²) in [4.78, 5) is 5.06. The second-order valence-electron chi connectivity index (χ2n) is 10.5. The molecular weight excluding hydrogens is 490 g/mol. The maximum Gasteiger partial charge on any atom is 0.0726 e. The van der Waals surface area contributed by atoms with Crippen LogP contribution in [0.25, 0.3) is 22.3 Å². The Kier molecular flexibility index (Phi) is 4.26. The number of hydrogen-bond donors (Lipinski definition) is 0. The van der Waals surface area contributed by atoms with Crippen molar-refractivity contribution in [1.29, 1.82) is 0 Å². The zero-order chi connectivity index (χ0) is 25.6. The van der Waals surface area contributed by atoms with Crippen molar-refractivity contribution in [3.63, 3.8) is 0 Å². The molecule has 0 amide bonds. The molecule has 6 aromatic rings. The first-order chi connectivity index (χ1) is 19.4. The normalized spacial score (nSPS) is 14.7. The number of benzene rings is 6. The Morgan fingerprint density at radius 1 is 0.385 bits per heavy atom. The zero-order valence-corrected chi connectivity index (χ0v) is 22.0. The van der Waals surface area contributed by atoms with Crippen LogP contribution in [0.15, 0.2) is 149 Å². The van der Waals surface area contributed by atoms with Gasteiger partial charge in [-0.2, -0.15) is 0 Å². The second-order valence-corrected chi connectivity index (χ2v) is 11.5. The summed E-state index contributed by atoms with van der Waals surface area (Å²) >= 11 is 1.86. The molecule has 3 aliphatic rings. The molecule has 0 saturated carbocycles. The molecule has 2 heteroatoms. The van der Waals surface area contributed by atoms with Gasteiger partial charge in [-0.15, -0.1) is 0 Å². The van der Waals surface area contributed by atoms with Crippen LogP contribution in [0.2, 0.25) is 0 Å². The summed E-state index contributed by atoms with van der Waals surface area (Å²) in [5.74, 6) is 0. The average Bonchev–Trinajstić information content (AvgIpc) is 3.48. The lowest BCUT2D eigenvalue weighted by Gasteiger charge is -2.35. The molecule has 1 heterocycles. The van der Waals surface area contributed by atoms with Crippen LogP contribution in [0.5, 0.6) is 0 Å². The van der Waals surface area contributed by atoms with E-state index in [9.17, 15) is 0 Å². The number of hydrogen-bond acceptors (Lipinski definition) is 2. The first-order valence-corrected chi connectivity index (χ1v) is 14.3. The molecule has 0 saturated heterocycles.